The van der Waals surface area contributed by atoms with Gasteiger partial charge in [-0.3, -0.25) is 4.79 Å². The van der Waals surface area contributed by atoms with Crippen molar-refractivity contribution in [3.63, 3.8) is 0 Å². The van der Waals surface area contributed by atoms with E-state index in [2.05, 4.69) is 4.85 Å². The van der Waals surface area contributed by atoms with Crippen LogP contribution < -0.4 is 0 Å². The topological polar surface area (TPSA) is 41.7 Å². The van der Waals surface area contributed by atoms with Crippen molar-refractivity contribution in [1.29, 1.82) is 0 Å². The van der Waals surface area contributed by atoms with Gasteiger partial charge in [0.15, 0.2) is 5.78 Å². The first kappa shape index (κ1) is 14.5. The number of allylic oxidation sites excluding steroid dienone is 1. The Balaban J connectivity index is 2.60. The average molecular weight is 272 g/mol. The van der Waals surface area contributed by atoms with Crippen LogP contribution in [0.3, 0.4) is 0 Å². The summed E-state index contributed by atoms with van der Waals surface area (Å²) < 4.78 is 0. The molecule has 4 heteroatoms. The Hall–Kier alpha value is -1.89. The summed E-state index contributed by atoms with van der Waals surface area (Å²) in [6, 6.07) is 0. The number of hydrogen-bond acceptors (Lipinski definition) is 2. The molecule has 4 nitrogen and oxygen atoms in total. The van der Waals surface area contributed by atoms with Gasteiger partial charge in [0.25, 0.3) is 0 Å². The molecule has 0 saturated heterocycles. The third-order valence-corrected chi connectivity index (χ3v) is 4.71. The molecule has 0 N–H and O–H groups in total. The molecule has 0 aromatic carbocycles. The van der Waals surface area contributed by atoms with E-state index in [1.807, 2.05) is 26.8 Å². The van der Waals surface area contributed by atoms with Crippen LogP contribution in [0.4, 0.5) is 0 Å². The second kappa shape index (κ2) is 4.59. The normalized spacial score (nSPS) is 33.0. The molecule has 1 amide bonds. The van der Waals surface area contributed by atoms with Gasteiger partial charge in [0.05, 0.1) is 6.57 Å². The molecule has 2 atom stereocenters. The van der Waals surface area contributed by atoms with Crippen LogP contribution >= 0.6 is 0 Å². The number of amides is 1. The molecule has 0 fully saturated rings. The molecule has 0 saturated carbocycles. The van der Waals surface area contributed by atoms with E-state index in [4.69, 9.17) is 6.57 Å². The highest BCUT2D eigenvalue weighted by molar-refractivity contribution is 6.05. The van der Waals surface area contributed by atoms with E-state index >= 15 is 0 Å². The summed E-state index contributed by atoms with van der Waals surface area (Å²) in [5, 5.41) is 0. The van der Waals surface area contributed by atoms with E-state index < -0.39 is 10.8 Å². The van der Waals surface area contributed by atoms with E-state index in [1.54, 1.807) is 17.9 Å². The summed E-state index contributed by atoms with van der Waals surface area (Å²) in [6.07, 6.45) is 4.42. The minimum atomic E-state index is -0.619. The summed E-state index contributed by atoms with van der Waals surface area (Å²) in [7, 11) is 0. The monoisotopic (exact) mass is 272 g/mol. The Morgan fingerprint density at radius 1 is 1.50 bits per heavy atom. The molecule has 106 valence electrons. The number of carbonyl (C=O) groups excluding carboxylic acids is 2. The van der Waals surface area contributed by atoms with Crippen molar-refractivity contribution < 1.29 is 9.59 Å². The molecule has 20 heavy (non-hydrogen) atoms. The number of fused-ring (bicyclic) bond motifs is 1. The van der Waals surface area contributed by atoms with Crippen molar-refractivity contribution in [2.24, 2.45) is 10.8 Å². The molecule has 2 aliphatic rings. The van der Waals surface area contributed by atoms with Crippen LogP contribution in [-0.4, -0.2) is 29.7 Å². The van der Waals surface area contributed by atoms with Crippen LogP contribution in [0.25, 0.3) is 4.85 Å². The summed E-state index contributed by atoms with van der Waals surface area (Å²) in [6.45, 7) is 15.8. The zero-order valence-corrected chi connectivity index (χ0v) is 12.5. The summed E-state index contributed by atoms with van der Waals surface area (Å²) >= 11 is 0. The number of ketones is 1. The molecule has 0 unspecified atom stereocenters. The van der Waals surface area contributed by atoms with Crippen LogP contribution in [0.2, 0.25) is 0 Å². The summed E-state index contributed by atoms with van der Waals surface area (Å²) in [5.74, 6) is -0.0654. The predicted octanol–water partition coefficient (Wildman–Crippen LogP) is 2.58. The van der Waals surface area contributed by atoms with Gasteiger partial charge in [-0.2, -0.15) is 0 Å². The quantitative estimate of drug-likeness (QED) is 0.544. The van der Waals surface area contributed by atoms with Crippen molar-refractivity contribution in [2.75, 3.05) is 13.1 Å². The van der Waals surface area contributed by atoms with E-state index in [0.717, 1.165) is 5.57 Å². The van der Waals surface area contributed by atoms with Gasteiger partial charge in [-0.15, -0.1) is 0 Å². The molecular weight excluding hydrogens is 252 g/mol. The second-order valence-corrected chi connectivity index (χ2v) is 6.09. The van der Waals surface area contributed by atoms with Gasteiger partial charge in [0.1, 0.15) is 0 Å². The lowest BCUT2D eigenvalue weighted by molar-refractivity contribution is -0.130. The van der Waals surface area contributed by atoms with Gasteiger partial charge in [0.2, 0.25) is 11.6 Å². The third kappa shape index (κ3) is 1.89. The van der Waals surface area contributed by atoms with Gasteiger partial charge in [0, 0.05) is 30.8 Å². The van der Waals surface area contributed by atoms with Crippen molar-refractivity contribution in [3.8, 4) is 0 Å². The first-order chi connectivity index (χ1) is 9.28. The van der Waals surface area contributed by atoms with Gasteiger partial charge in [-0.1, -0.05) is 26.0 Å². The lowest BCUT2D eigenvalue weighted by Gasteiger charge is -2.48. The second-order valence-electron chi connectivity index (χ2n) is 6.09. The Kier molecular flexibility index (Phi) is 3.33. The zero-order valence-electron chi connectivity index (χ0n) is 12.5. The maximum atomic E-state index is 12.5. The number of Topliss-reactive ketones (excluding diaryl/α,β-unsaturated/α-hetero) is 1. The predicted molar refractivity (Wildman–Crippen MR) is 76.5 cm³/mol. The van der Waals surface area contributed by atoms with Crippen molar-refractivity contribution in [2.45, 2.75) is 34.1 Å². The summed E-state index contributed by atoms with van der Waals surface area (Å²) in [5.41, 5.74) is 0.233. The zero-order chi connectivity index (χ0) is 15.1. The van der Waals surface area contributed by atoms with Crippen LogP contribution in [0, 0.1) is 17.4 Å². The van der Waals surface area contributed by atoms with Crippen LogP contribution in [0.15, 0.2) is 23.4 Å². The molecule has 1 heterocycles. The van der Waals surface area contributed by atoms with E-state index in [-0.39, 0.29) is 17.4 Å². The fourth-order valence-electron chi connectivity index (χ4n) is 3.41. The Bertz CT molecular complexity index is 582. The highest BCUT2D eigenvalue weighted by Gasteiger charge is 2.50. The first-order valence-electron chi connectivity index (χ1n) is 6.90. The molecule has 0 aromatic heterocycles. The number of hydrogen-bond donors (Lipinski definition) is 0. The molecule has 0 bridgehead atoms. The molecule has 0 spiro atoms. The number of carbonyl (C=O) groups is 2. The smallest absolute Gasteiger partial charge is 0.227 e. The van der Waals surface area contributed by atoms with E-state index in [1.165, 1.54) is 0 Å². The maximum absolute atomic E-state index is 12.5. The molecule has 0 radical (unpaired) electrons. The fourth-order valence-corrected chi connectivity index (χ4v) is 3.41. The Labute approximate surface area is 120 Å². The van der Waals surface area contributed by atoms with E-state index in [9.17, 15) is 9.59 Å². The van der Waals surface area contributed by atoms with E-state index in [0.29, 0.717) is 19.5 Å². The number of nitrogens with zero attached hydrogens (tertiary/aromatic N) is 2. The minimum Gasteiger partial charge on any atom is -0.338 e. The van der Waals surface area contributed by atoms with Gasteiger partial charge in [-0.05, 0) is 18.9 Å². The van der Waals surface area contributed by atoms with Crippen molar-refractivity contribution >= 4 is 11.7 Å². The number of rotatable bonds is 1. The molecule has 1 aliphatic carbocycles. The van der Waals surface area contributed by atoms with Crippen molar-refractivity contribution in [3.05, 3.63) is 34.8 Å². The Morgan fingerprint density at radius 2 is 2.15 bits per heavy atom. The standard InChI is InChI=1S/C16H20N2O2/c1-6-16(4)13-7-8-18(11(2)19)10-15(13,3)9-12(17-5)14(16)20/h7,9H,6,8,10H2,1-4H3/t15-,16-/m0/s1. The largest absolute Gasteiger partial charge is 0.338 e. The lowest BCUT2D eigenvalue weighted by atomic mass is 9.59. The van der Waals surface area contributed by atoms with Gasteiger partial charge >= 0.3 is 0 Å². The minimum absolute atomic E-state index is 0.0226. The molecule has 2 rings (SSSR count). The molecular formula is C16H20N2O2. The van der Waals surface area contributed by atoms with Crippen LogP contribution in [0.1, 0.15) is 34.1 Å². The highest BCUT2D eigenvalue weighted by atomic mass is 16.2. The molecule has 1 aliphatic heterocycles. The highest BCUT2D eigenvalue weighted by Crippen LogP contribution is 2.51. The fraction of sp³-hybridized carbons (Fsp3) is 0.562. The molecule has 0 aromatic rings. The average Bonchev–Trinajstić information content (AvgIpc) is 2.42. The SMILES string of the molecule is [C-]#[N+]C1=C[C@@]2(C)CN(C(C)=O)CC=C2[C@](C)(CC)C1=O. The van der Waals surface area contributed by atoms with Crippen LogP contribution in [-0.2, 0) is 9.59 Å². The first-order valence-corrected chi connectivity index (χ1v) is 6.90. The third-order valence-electron chi connectivity index (χ3n) is 4.71. The lowest BCUT2D eigenvalue weighted by Crippen LogP contribution is -2.50. The van der Waals surface area contributed by atoms with Crippen molar-refractivity contribution in [1.82, 2.24) is 4.90 Å². The summed E-state index contributed by atoms with van der Waals surface area (Å²) in [4.78, 5) is 29.3. The van der Waals surface area contributed by atoms with Crippen LogP contribution in [0.5, 0.6) is 0 Å². The maximum Gasteiger partial charge on any atom is 0.227 e. The van der Waals surface area contributed by atoms with Gasteiger partial charge < -0.3 is 9.69 Å². The van der Waals surface area contributed by atoms with Gasteiger partial charge in [-0.25, -0.2) is 4.85 Å². The Morgan fingerprint density at radius 3 is 2.65 bits per heavy atom.